The van der Waals surface area contributed by atoms with Crippen molar-refractivity contribution in [2.24, 2.45) is 11.5 Å². The predicted molar refractivity (Wildman–Crippen MR) is 54.8 cm³/mol. The molecule has 0 spiro atoms. The third kappa shape index (κ3) is 113. The van der Waals surface area contributed by atoms with Crippen LogP contribution >= 0.6 is 0 Å². The Morgan fingerprint density at radius 1 is 1.42 bits per heavy atom. The van der Waals surface area contributed by atoms with Gasteiger partial charge in [-0.05, 0) is 13.3 Å². The van der Waals surface area contributed by atoms with Crippen LogP contribution in [-0.2, 0) is 4.79 Å². The molecular formula is C9H24N2O. The molecule has 0 fully saturated rings. The summed E-state index contributed by atoms with van der Waals surface area (Å²) in [5, 5.41) is 0. The van der Waals surface area contributed by atoms with Crippen molar-refractivity contribution in [3.8, 4) is 0 Å². The minimum Gasteiger partial charge on any atom is -0.370 e. The number of nitrogens with two attached hydrogens (primary N) is 2. The molecule has 0 aromatic rings. The van der Waals surface area contributed by atoms with E-state index >= 15 is 0 Å². The largest absolute Gasteiger partial charge is 0.370 e. The van der Waals surface area contributed by atoms with Gasteiger partial charge in [0.05, 0.1) is 0 Å². The van der Waals surface area contributed by atoms with Crippen molar-refractivity contribution in [1.82, 2.24) is 0 Å². The van der Waals surface area contributed by atoms with Crippen LogP contribution in [0, 0.1) is 0 Å². The summed E-state index contributed by atoms with van der Waals surface area (Å²) in [5.41, 5.74) is 9.88. The minimum absolute atomic E-state index is 0.333. The molecule has 0 bridgehead atoms. The van der Waals surface area contributed by atoms with Crippen molar-refractivity contribution in [3.05, 3.63) is 0 Å². The lowest BCUT2D eigenvalue weighted by Crippen LogP contribution is -2.13. The molecule has 3 nitrogen and oxygen atoms in total. The Morgan fingerprint density at radius 2 is 1.67 bits per heavy atom. The molecule has 0 aliphatic heterocycles. The molecule has 12 heavy (non-hydrogen) atoms. The standard InChI is InChI=1S/C5H13N.C2H5NO.C2H6/c1-3-4-5(2)6;1-2(3)4;1-2/h5H,3-4,6H2,1-2H3;1H3,(H2,3,4);1-2H3. The van der Waals surface area contributed by atoms with E-state index in [1.165, 1.54) is 13.3 Å². The van der Waals surface area contributed by atoms with Crippen LogP contribution < -0.4 is 11.5 Å². The molecule has 0 rings (SSSR count). The van der Waals surface area contributed by atoms with Crippen molar-refractivity contribution in [1.29, 1.82) is 0 Å². The van der Waals surface area contributed by atoms with Gasteiger partial charge >= 0.3 is 0 Å². The van der Waals surface area contributed by atoms with Crippen molar-refractivity contribution < 1.29 is 4.79 Å². The van der Waals surface area contributed by atoms with Gasteiger partial charge in [0.2, 0.25) is 5.91 Å². The maximum absolute atomic E-state index is 9.22. The van der Waals surface area contributed by atoms with Crippen LogP contribution in [0.25, 0.3) is 0 Å². The highest BCUT2D eigenvalue weighted by Crippen LogP contribution is 1.88. The van der Waals surface area contributed by atoms with Gasteiger partial charge in [0.1, 0.15) is 0 Å². The molecular weight excluding hydrogens is 152 g/mol. The number of carbonyl (C=O) groups excluding carboxylic acids is 1. The molecule has 0 radical (unpaired) electrons. The van der Waals surface area contributed by atoms with Crippen molar-refractivity contribution in [3.63, 3.8) is 0 Å². The lowest BCUT2D eigenvalue weighted by atomic mass is 10.2. The summed E-state index contributed by atoms with van der Waals surface area (Å²) in [6.45, 7) is 9.48. The Hall–Kier alpha value is -0.570. The fourth-order valence-electron chi connectivity index (χ4n) is 0.455. The van der Waals surface area contributed by atoms with Crippen LogP contribution in [0.1, 0.15) is 47.5 Å². The monoisotopic (exact) mass is 176 g/mol. The zero-order valence-corrected chi connectivity index (χ0v) is 9.05. The molecule has 0 saturated carbocycles. The van der Waals surface area contributed by atoms with Gasteiger partial charge in [-0.25, -0.2) is 0 Å². The minimum atomic E-state index is -0.333. The second kappa shape index (κ2) is 16.8. The molecule has 0 aliphatic carbocycles. The van der Waals surface area contributed by atoms with E-state index in [9.17, 15) is 4.79 Å². The fraction of sp³-hybridized carbons (Fsp3) is 0.889. The lowest BCUT2D eigenvalue weighted by Gasteiger charge is -1.96. The van der Waals surface area contributed by atoms with Gasteiger partial charge in [0.15, 0.2) is 0 Å². The van der Waals surface area contributed by atoms with Gasteiger partial charge in [0.25, 0.3) is 0 Å². The first-order valence-electron chi connectivity index (χ1n) is 4.52. The average Bonchev–Trinajstić information content (AvgIpc) is 1.90. The van der Waals surface area contributed by atoms with Crippen molar-refractivity contribution in [2.45, 2.75) is 53.5 Å². The zero-order valence-electron chi connectivity index (χ0n) is 9.05. The van der Waals surface area contributed by atoms with Crippen LogP contribution in [0.3, 0.4) is 0 Å². The summed E-state index contributed by atoms with van der Waals surface area (Å²) < 4.78 is 0. The molecule has 3 heteroatoms. The summed E-state index contributed by atoms with van der Waals surface area (Å²) in [4.78, 5) is 9.22. The lowest BCUT2D eigenvalue weighted by molar-refractivity contribution is -0.115. The molecule has 1 amide bonds. The highest BCUT2D eigenvalue weighted by Gasteiger charge is 1.85. The Balaban J connectivity index is -0.000000118. The van der Waals surface area contributed by atoms with Gasteiger partial charge in [-0.1, -0.05) is 27.2 Å². The summed E-state index contributed by atoms with van der Waals surface area (Å²) in [6.07, 6.45) is 2.36. The summed E-state index contributed by atoms with van der Waals surface area (Å²) in [7, 11) is 0. The second-order valence-electron chi connectivity index (χ2n) is 2.38. The summed E-state index contributed by atoms with van der Waals surface area (Å²) in [6, 6.07) is 0.398. The second-order valence-corrected chi connectivity index (χ2v) is 2.38. The maximum atomic E-state index is 9.22. The smallest absolute Gasteiger partial charge is 0.214 e. The highest BCUT2D eigenvalue weighted by atomic mass is 16.1. The first-order chi connectivity index (χ1) is 5.50. The third-order valence-corrected chi connectivity index (χ3v) is 0.744. The van der Waals surface area contributed by atoms with Crippen LogP contribution in [0.4, 0.5) is 0 Å². The number of amides is 1. The van der Waals surface area contributed by atoms with Gasteiger partial charge in [-0.2, -0.15) is 0 Å². The molecule has 0 aliphatic rings. The molecule has 1 unspecified atom stereocenters. The van der Waals surface area contributed by atoms with E-state index in [1.807, 2.05) is 20.8 Å². The Morgan fingerprint density at radius 3 is 1.67 bits per heavy atom. The molecule has 0 saturated heterocycles. The van der Waals surface area contributed by atoms with Crippen LogP contribution in [0.5, 0.6) is 0 Å². The molecule has 0 aromatic carbocycles. The van der Waals surface area contributed by atoms with Crippen LogP contribution in [0.15, 0.2) is 0 Å². The zero-order chi connectivity index (χ0) is 10.6. The van der Waals surface area contributed by atoms with E-state index in [1.54, 1.807) is 0 Å². The van der Waals surface area contributed by atoms with Crippen LogP contribution in [0.2, 0.25) is 0 Å². The molecule has 1 atom stereocenters. The highest BCUT2D eigenvalue weighted by molar-refractivity contribution is 5.70. The van der Waals surface area contributed by atoms with Gasteiger partial charge in [0, 0.05) is 13.0 Å². The predicted octanol–water partition coefficient (Wildman–Crippen LogP) is 1.65. The first kappa shape index (κ1) is 17.5. The van der Waals surface area contributed by atoms with Gasteiger partial charge in [-0.3, -0.25) is 4.79 Å². The fourth-order valence-corrected chi connectivity index (χ4v) is 0.455. The molecule has 0 heterocycles. The SMILES string of the molecule is CC.CC(N)=O.CCCC(C)N. The number of rotatable bonds is 2. The normalized spacial score (nSPS) is 9.83. The third-order valence-electron chi connectivity index (χ3n) is 0.744. The maximum Gasteiger partial charge on any atom is 0.214 e. The van der Waals surface area contributed by atoms with Crippen LogP contribution in [-0.4, -0.2) is 11.9 Å². The van der Waals surface area contributed by atoms with E-state index in [4.69, 9.17) is 5.73 Å². The molecule has 0 aromatic heterocycles. The van der Waals surface area contributed by atoms with Crippen molar-refractivity contribution in [2.75, 3.05) is 0 Å². The van der Waals surface area contributed by atoms with Crippen molar-refractivity contribution >= 4 is 5.91 Å². The van der Waals surface area contributed by atoms with E-state index in [2.05, 4.69) is 12.7 Å². The van der Waals surface area contributed by atoms with Gasteiger partial charge in [-0.15, -0.1) is 0 Å². The van der Waals surface area contributed by atoms with E-state index in [-0.39, 0.29) is 5.91 Å². The Kier molecular flexibility index (Phi) is 24.5. The first-order valence-corrected chi connectivity index (χ1v) is 4.52. The summed E-state index contributed by atoms with van der Waals surface area (Å²) >= 11 is 0. The summed E-state index contributed by atoms with van der Waals surface area (Å²) in [5.74, 6) is -0.333. The van der Waals surface area contributed by atoms with E-state index < -0.39 is 0 Å². The molecule has 4 N–H and O–H groups in total. The molecule has 76 valence electrons. The number of hydrogen-bond acceptors (Lipinski definition) is 2. The Labute approximate surface area is 76.5 Å². The number of primary amides is 1. The van der Waals surface area contributed by atoms with E-state index in [0.717, 1.165) is 6.42 Å². The number of carbonyl (C=O) groups is 1. The average molecular weight is 176 g/mol. The Bertz CT molecular complexity index is 78.6. The topological polar surface area (TPSA) is 69.1 Å². The number of hydrogen-bond donors (Lipinski definition) is 2. The van der Waals surface area contributed by atoms with E-state index in [0.29, 0.717) is 6.04 Å². The van der Waals surface area contributed by atoms with Gasteiger partial charge < -0.3 is 11.5 Å². The quantitative estimate of drug-likeness (QED) is 0.671.